The standard InChI is InChI=1S/C13H18BrClN2/c1-9(2)16-10-5-6-17(8-10)11-3-4-12(14)13(15)7-11/h3-4,7,9-10,16H,5-6,8H2,1-2H3. The third kappa shape index (κ3) is 3.36. The van der Waals surface area contributed by atoms with Crippen LogP contribution in [-0.2, 0) is 0 Å². The van der Waals surface area contributed by atoms with Gasteiger partial charge in [-0.15, -0.1) is 0 Å². The molecule has 0 amide bonds. The zero-order valence-electron chi connectivity index (χ0n) is 10.2. The van der Waals surface area contributed by atoms with E-state index in [4.69, 9.17) is 11.6 Å². The second-order valence-corrected chi connectivity index (χ2v) is 6.11. The van der Waals surface area contributed by atoms with Gasteiger partial charge in [0.05, 0.1) is 5.02 Å². The van der Waals surface area contributed by atoms with Gasteiger partial charge in [0.1, 0.15) is 0 Å². The van der Waals surface area contributed by atoms with Gasteiger partial charge in [-0.3, -0.25) is 0 Å². The number of hydrogen-bond acceptors (Lipinski definition) is 2. The van der Waals surface area contributed by atoms with E-state index in [-0.39, 0.29) is 0 Å². The van der Waals surface area contributed by atoms with E-state index in [2.05, 4.69) is 46.1 Å². The second kappa shape index (κ2) is 5.59. The monoisotopic (exact) mass is 316 g/mol. The van der Waals surface area contributed by atoms with Crippen molar-refractivity contribution in [3.8, 4) is 0 Å². The molecule has 0 radical (unpaired) electrons. The van der Waals surface area contributed by atoms with E-state index >= 15 is 0 Å². The van der Waals surface area contributed by atoms with Crippen LogP contribution in [0.5, 0.6) is 0 Å². The summed E-state index contributed by atoms with van der Waals surface area (Å²) in [5.74, 6) is 0. The molecule has 2 rings (SSSR count). The molecular formula is C13H18BrClN2. The molecule has 1 aliphatic rings. The van der Waals surface area contributed by atoms with E-state index in [1.807, 2.05) is 12.1 Å². The lowest BCUT2D eigenvalue weighted by atomic mass is 10.2. The summed E-state index contributed by atoms with van der Waals surface area (Å²) in [5, 5.41) is 4.36. The molecule has 2 nitrogen and oxygen atoms in total. The molecule has 94 valence electrons. The van der Waals surface area contributed by atoms with E-state index in [0.29, 0.717) is 12.1 Å². The summed E-state index contributed by atoms with van der Waals surface area (Å²) < 4.78 is 0.957. The fourth-order valence-corrected chi connectivity index (χ4v) is 2.71. The van der Waals surface area contributed by atoms with Crippen molar-refractivity contribution in [2.45, 2.75) is 32.4 Å². The van der Waals surface area contributed by atoms with Crippen LogP contribution in [0.15, 0.2) is 22.7 Å². The predicted molar refractivity (Wildman–Crippen MR) is 78.0 cm³/mol. The molecule has 17 heavy (non-hydrogen) atoms. The van der Waals surface area contributed by atoms with Crippen molar-refractivity contribution in [3.63, 3.8) is 0 Å². The number of nitrogens with zero attached hydrogens (tertiary/aromatic N) is 1. The minimum absolute atomic E-state index is 0.549. The molecule has 1 saturated heterocycles. The van der Waals surface area contributed by atoms with Crippen molar-refractivity contribution >= 4 is 33.2 Å². The van der Waals surface area contributed by atoms with Crippen molar-refractivity contribution in [3.05, 3.63) is 27.7 Å². The Bertz CT molecular complexity index is 395. The Labute approximate surface area is 116 Å². The lowest BCUT2D eigenvalue weighted by Crippen LogP contribution is -2.37. The highest BCUT2D eigenvalue weighted by Crippen LogP contribution is 2.29. The predicted octanol–water partition coefficient (Wildman–Crippen LogP) is 3.68. The van der Waals surface area contributed by atoms with Crippen molar-refractivity contribution in [2.75, 3.05) is 18.0 Å². The molecule has 0 saturated carbocycles. The van der Waals surface area contributed by atoms with Crippen molar-refractivity contribution in [1.29, 1.82) is 0 Å². The van der Waals surface area contributed by atoms with Crippen molar-refractivity contribution < 1.29 is 0 Å². The molecule has 4 heteroatoms. The van der Waals surface area contributed by atoms with Gasteiger partial charge in [0.2, 0.25) is 0 Å². The third-order valence-corrected chi connectivity index (χ3v) is 4.26. The normalized spacial score (nSPS) is 20.3. The Morgan fingerprint density at radius 3 is 2.88 bits per heavy atom. The van der Waals surface area contributed by atoms with Crippen LogP contribution >= 0.6 is 27.5 Å². The lowest BCUT2D eigenvalue weighted by Gasteiger charge is -2.20. The van der Waals surface area contributed by atoms with E-state index in [1.165, 1.54) is 12.1 Å². The van der Waals surface area contributed by atoms with Crippen LogP contribution < -0.4 is 10.2 Å². The van der Waals surface area contributed by atoms with Crippen molar-refractivity contribution in [1.82, 2.24) is 5.32 Å². The molecule has 1 heterocycles. The number of rotatable bonds is 3. The molecule has 1 unspecified atom stereocenters. The van der Waals surface area contributed by atoms with Gasteiger partial charge in [-0.25, -0.2) is 0 Å². The van der Waals surface area contributed by atoms with Gasteiger partial charge in [-0.1, -0.05) is 25.4 Å². The topological polar surface area (TPSA) is 15.3 Å². The van der Waals surface area contributed by atoms with Gasteiger partial charge in [0, 0.05) is 35.3 Å². The molecule has 1 aromatic rings. The first-order chi connectivity index (χ1) is 8.06. The first kappa shape index (κ1) is 13.2. The highest BCUT2D eigenvalue weighted by Gasteiger charge is 2.23. The van der Waals surface area contributed by atoms with E-state index in [0.717, 1.165) is 22.6 Å². The van der Waals surface area contributed by atoms with Crippen LogP contribution in [0.2, 0.25) is 5.02 Å². The van der Waals surface area contributed by atoms with Crippen LogP contribution in [0, 0.1) is 0 Å². The van der Waals surface area contributed by atoms with Crippen LogP contribution in [0.1, 0.15) is 20.3 Å². The van der Waals surface area contributed by atoms with Gasteiger partial charge >= 0.3 is 0 Å². The smallest absolute Gasteiger partial charge is 0.0568 e. The average Bonchev–Trinajstić information content (AvgIpc) is 2.69. The number of nitrogens with one attached hydrogen (secondary N) is 1. The van der Waals surface area contributed by atoms with Gasteiger partial charge in [-0.2, -0.15) is 0 Å². The minimum atomic E-state index is 0.549. The SMILES string of the molecule is CC(C)NC1CCN(c2ccc(Br)c(Cl)c2)C1. The molecule has 1 N–H and O–H groups in total. The number of benzene rings is 1. The minimum Gasteiger partial charge on any atom is -0.370 e. The molecule has 1 atom stereocenters. The average molecular weight is 318 g/mol. The van der Waals surface area contributed by atoms with Crippen LogP contribution in [0.25, 0.3) is 0 Å². The summed E-state index contributed by atoms with van der Waals surface area (Å²) in [6, 6.07) is 7.31. The van der Waals surface area contributed by atoms with Crippen LogP contribution in [0.4, 0.5) is 5.69 Å². The maximum atomic E-state index is 6.12. The summed E-state index contributed by atoms with van der Waals surface area (Å²) in [5.41, 5.74) is 1.21. The van der Waals surface area contributed by atoms with E-state index < -0.39 is 0 Å². The summed E-state index contributed by atoms with van der Waals surface area (Å²) in [4.78, 5) is 2.39. The van der Waals surface area contributed by atoms with Gasteiger partial charge < -0.3 is 10.2 Å². The summed E-state index contributed by atoms with van der Waals surface area (Å²) in [7, 11) is 0. The van der Waals surface area contributed by atoms with Gasteiger partial charge in [0.15, 0.2) is 0 Å². The lowest BCUT2D eigenvalue weighted by molar-refractivity contribution is 0.492. The molecule has 0 aliphatic carbocycles. The Morgan fingerprint density at radius 2 is 2.24 bits per heavy atom. The zero-order chi connectivity index (χ0) is 12.4. The number of halogens is 2. The largest absolute Gasteiger partial charge is 0.370 e. The summed E-state index contributed by atoms with van der Waals surface area (Å²) >= 11 is 9.54. The summed E-state index contributed by atoms with van der Waals surface area (Å²) in [6.07, 6.45) is 1.20. The Hall–Kier alpha value is -0.250. The van der Waals surface area contributed by atoms with Crippen LogP contribution in [0.3, 0.4) is 0 Å². The quantitative estimate of drug-likeness (QED) is 0.915. The van der Waals surface area contributed by atoms with Gasteiger partial charge in [0.25, 0.3) is 0 Å². The molecule has 1 fully saturated rings. The molecular weight excluding hydrogens is 300 g/mol. The van der Waals surface area contributed by atoms with E-state index in [1.54, 1.807) is 0 Å². The third-order valence-electron chi connectivity index (χ3n) is 3.03. The first-order valence-electron chi connectivity index (χ1n) is 6.02. The Morgan fingerprint density at radius 1 is 1.47 bits per heavy atom. The fraction of sp³-hybridized carbons (Fsp3) is 0.538. The van der Waals surface area contributed by atoms with Gasteiger partial charge in [-0.05, 0) is 40.5 Å². The van der Waals surface area contributed by atoms with Crippen LogP contribution in [-0.4, -0.2) is 25.2 Å². The van der Waals surface area contributed by atoms with Crippen molar-refractivity contribution in [2.24, 2.45) is 0 Å². The fourth-order valence-electron chi connectivity index (χ4n) is 2.28. The molecule has 0 bridgehead atoms. The maximum absolute atomic E-state index is 6.12. The highest BCUT2D eigenvalue weighted by molar-refractivity contribution is 9.10. The second-order valence-electron chi connectivity index (χ2n) is 4.85. The molecule has 0 spiro atoms. The number of anilines is 1. The maximum Gasteiger partial charge on any atom is 0.0568 e. The molecule has 0 aromatic heterocycles. The number of hydrogen-bond donors (Lipinski definition) is 1. The first-order valence-corrected chi connectivity index (χ1v) is 7.19. The van der Waals surface area contributed by atoms with E-state index in [9.17, 15) is 0 Å². The molecule has 1 aromatic carbocycles. The zero-order valence-corrected chi connectivity index (χ0v) is 12.6. The highest BCUT2D eigenvalue weighted by atomic mass is 79.9. The Kier molecular flexibility index (Phi) is 4.34. The summed E-state index contributed by atoms with van der Waals surface area (Å²) in [6.45, 7) is 6.55. The Balaban J connectivity index is 2.02. The molecule has 1 aliphatic heterocycles.